The molecule has 10 heteroatoms. The van der Waals surface area contributed by atoms with Crippen LogP contribution in [0.2, 0.25) is 0 Å². The maximum Gasteiger partial charge on any atom is 0.335 e. The summed E-state index contributed by atoms with van der Waals surface area (Å²) < 4.78 is 32.1. The molecule has 3 aromatic carbocycles. The summed E-state index contributed by atoms with van der Waals surface area (Å²) in [6, 6.07) is 18.8. The summed E-state index contributed by atoms with van der Waals surface area (Å²) in [5, 5.41) is 22.9. The Bertz CT molecular complexity index is 1510. The topological polar surface area (TPSA) is 142 Å². The predicted octanol–water partition coefficient (Wildman–Crippen LogP) is 8.67. The quantitative estimate of drug-likeness (QED) is 0.0523. The van der Waals surface area contributed by atoms with Crippen molar-refractivity contribution in [2.75, 3.05) is 6.61 Å². The third-order valence-corrected chi connectivity index (χ3v) is 9.12. The van der Waals surface area contributed by atoms with E-state index in [4.69, 9.17) is 4.74 Å². The van der Waals surface area contributed by atoms with Crippen molar-refractivity contribution in [3.05, 3.63) is 95.1 Å². The van der Waals surface area contributed by atoms with E-state index in [1.54, 1.807) is 36.4 Å². The zero-order valence-corrected chi connectivity index (χ0v) is 28.1. The van der Waals surface area contributed by atoms with Gasteiger partial charge >= 0.3 is 11.9 Å². The van der Waals surface area contributed by atoms with Crippen LogP contribution in [0.3, 0.4) is 0 Å². The van der Waals surface area contributed by atoms with Gasteiger partial charge in [-0.2, -0.15) is 18.4 Å². The highest BCUT2D eigenvalue weighted by atomic mass is 32.2. The van der Waals surface area contributed by atoms with Gasteiger partial charge in [-0.25, -0.2) is 9.59 Å². The maximum absolute atomic E-state index is 13.1. The van der Waals surface area contributed by atoms with Crippen LogP contribution in [0.1, 0.15) is 129 Å². The van der Waals surface area contributed by atoms with E-state index in [-0.39, 0.29) is 0 Å². The minimum Gasteiger partial charge on any atom is -0.494 e. The van der Waals surface area contributed by atoms with E-state index >= 15 is 0 Å². The zero-order valence-electron chi connectivity index (χ0n) is 27.3. The zero-order chi connectivity index (χ0) is 33.9. The Hall–Kier alpha value is -4.18. The number of nitrogens with one attached hydrogen (secondary N) is 1. The van der Waals surface area contributed by atoms with Gasteiger partial charge < -0.3 is 14.9 Å². The third kappa shape index (κ3) is 13.2. The SMILES string of the molecule is CCCCCCCCCCCCCCCCOc1ccc(/C(=N\NS(=O)(=O)c2cc(C(=O)O)cc(C(=O)O)c2)c2ccccc2)cc1. The summed E-state index contributed by atoms with van der Waals surface area (Å²) in [6.45, 7) is 2.87. The molecule has 0 atom stereocenters. The molecule has 0 aliphatic heterocycles. The van der Waals surface area contributed by atoms with Crippen molar-refractivity contribution >= 4 is 27.7 Å². The number of carboxylic acids is 2. The Morgan fingerprint density at radius 2 is 1.11 bits per heavy atom. The number of hydrogen-bond acceptors (Lipinski definition) is 6. The van der Waals surface area contributed by atoms with Crippen molar-refractivity contribution in [3.8, 4) is 5.75 Å². The number of ether oxygens (including phenoxy) is 1. The lowest BCUT2D eigenvalue weighted by Crippen LogP contribution is -2.22. The predicted molar refractivity (Wildman–Crippen MR) is 185 cm³/mol. The van der Waals surface area contributed by atoms with Gasteiger partial charge in [-0.05, 0) is 48.9 Å². The number of rotatable bonds is 23. The van der Waals surface area contributed by atoms with Crippen molar-refractivity contribution < 1.29 is 33.0 Å². The van der Waals surface area contributed by atoms with Crippen LogP contribution in [0.15, 0.2) is 82.8 Å². The third-order valence-electron chi connectivity index (χ3n) is 7.93. The first-order chi connectivity index (χ1) is 22.7. The summed E-state index contributed by atoms with van der Waals surface area (Å²) in [6.07, 6.45) is 18.2. The van der Waals surface area contributed by atoms with E-state index in [2.05, 4.69) is 16.9 Å². The van der Waals surface area contributed by atoms with Gasteiger partial charge in [0.2, 0.25) is 0 Å². The first-order valence-electron chi connectivity index (χ1n) is 16.7. The van der Waals surface area contributed by atoms with Crippen LogP contribution in [0.4, 0.5) is 0 Å². The molecule has 0 saturated carbocycles. The molecule has 0 aliphatic rings. The smallest absolute Gasteiger partial charge is 0.335 e. The van der Waals surface area contributed by atoms with E-state index in [0.717, 1.165) is 31.0 Å². The van der Waals surface area contributed by atoms with Crippen molar-refractivity contribution in [2.24, 2.45) is 5.10 Å². The molecule has 0 unspecified atom stereocenters. The normalized spacial score (nSPS) is 11.7. The molecule has 3 rings (SSSR count). The number of unbranched alkanes of at least 4 members (excludes halogenated alkanes) is 13. The molecule has 0 saturated heterocycles. The lowest BCUT2D eigenvalue weighted by atomic mass is 10.0. The second-order valence-electron chi connectivity index (χ2n) is 11.7. The summed E-state index contributed by atoms with van der Waals surface area (Å²) in [4.78, 5) is 24.6. The van der Waals surface area contributed by atoms with E-state index in [9.17, 15) is 28.2 Å². The van der Waals surface area contributed by atoms with E-state index in [1.165, 1.54) is 77.0 Å². The number of benzene rings is 3. The van der Waals surface area contributed by atoms with Gasteiger partial charge in [0.15, 0.2) is 0 Å². The number of aromatic carboxylic acids is 2. The molecule has 0 aromatic heterocycles. The molecular weight excluding hydrogens is 616 g/mol. The van der Waals surface area contributed by atoms with Crippen LogP contribution < -0.4 is 9.57 Å². The highest BCUT2D eigenvalue weighted by molar-refractivity contribution is 7.89. The number of hydrazone groups is 1. The molecule has 0 spiro atoms. The van der Waals surface area contributed by atoms with Crippen LogP contribution in [-0.2, 0) is 10.0 Å². The van der Waals surface area contributed by atoms with Crippen LogP contribution in [0.25, 0.3) is 0 Å². The van der Waals surface area contributed by atoms with E-state index in [0.29, 0.717) is 29.2 Å². The molecule has 47 heavy (non-hydrogen) atoms. The summed E-state index contributed by atoms with van der Waals surface area (Å²) in [5.74, 6) is -2.21. The van der Waals surface area contributed by atoms with E-state index in [1.807, 2.05) is 18.2 Å². The molecule has 9 nitrogen and oxygen atoms in total. The molecule has 3 N–H and O–H groups in total. The molecule has 0 radical (unpaired) electrons. The van der Waals surface area contributed by atoms with Crippen LogP contribution in [0, 0.1) is 0 Å². The Morgan fingerprint density at radius 1 is 0.638 bits per heavy atom. The van der Waals surface area contributed by atoms with Crippen LogP contribution in [0.5, 0.6) is 5.75 Å². The minimum absolute atomic E-state index is 0.320. The van der Waals surface area contributed by atoms with Gasteiger partial charge in [0.05, 0.1) is 28.3 Å². The molecule has 3 aromatic rings. The average molecular weight is 665 g/mol. The minimum atomic E-state index is -4.41. The van der Waals surface area contributed by atoms with Crippen molar-refractivity contribution in [1.29, 1.82) is 0 Å². The maximum atomic E-state index is 13.1. The molecule has 254 valence electrons. The highest BCUT2D eigenvalue weighted by Crippen LogP contribution is 2.20. The summed E-state index contributed by atoms with van der Waals surface area (Å²) >= 11 is 0. The Morgan fingerprint density at radius 3 is 1.60 bits per heavy atom. The highest BCUT2D eigenvalue weighted by Gasteiger charge is 2.20. The Balaban J connectivity index is 1.51. The summed E-state index contributed by atoms with van der Waals surface area (Å²) in [5.41, 5.74) is 0.634. The average Bonchev–Trinajstić information content (AvgIpc) is 3.07. The fraction of sp³-hybridized carbons (Fsp3) is 0.432. The number of sulfonamides is 1. The fourth-order valence-electron chi connectivity index (χ4n) is 5.25. The van der Waals surface area contributed by atoms with Gasteiger partial charge in [-0.15, -0.1) is 0 Å². The van der Waals surface area contributed by atoms with Gasteiger partial charge in [-0.3, -0.25) is 0 Å². The van der Waals surface area contributed by atoms with Gasteiger partial charge in [0, 0.05) is 11.1 Å². The molecule has 0 amide bonds. The van der Waals surface area contributed by atoms with Crippen molar-refractivity contribution in [3.63, 3.8) is 0 Å². The second-order valence-corrected chi connectivity index (χ2v) is 13.4. The van der Waals surface area contributed by atoms with Gasteiger partial charge in [0.25, 0.3) is 10.0 Å². The molecule has 0 aliphatic carbocycles. The lowest BCUT2D eigenvalue weighted by Gasteiger charge is -2.11. The number of nitrogens with zero attached hydrogens (tertiary/aromatic N) is 1. The Kier molecular flexibility index (Phi) is 16.0. The first-order valence-corrected chi connectivity index (χ1v) is 18.2. The first kappa shape index (κ1) is 37.3. The summed E-state index contributed by atoms with van der Waals surface area (Å²) in [7, 11) is -4.41. The van der Waals surface area contributed by atoms with E-state index < -0.39 is 38.0 Å². The van der Waals surface area contributed by atoms with Gasteiger partial charge in [-0.1, -0.05) is 121 Å². The molecule has 0 bridgehead atoms. The monoisotopic (exact) mass is 664 g/mol. The second kappa shape index (κ2) is 20.1. The van der Waals surface area contributed by atoms with Crippen molar-refractivity contribution in [2.45, 2.75) is 102 Å². The molecule has 0 fully saturated rings. The largest absolute Gasteiger partial charge is 0.494 e. The Labute approximate surface area is 279 Å². The van der Waals surface area contributed by atoms with Crippen LogP contribution in [-0.4, -0.2) is 42.9 Å². The molecular formula is C37H48N2O7S. The molecule has 0 heterocycles. The van der Waals surface area contributed by atoms with Crippen molar-refractivity contribution in [1.82, 2.24) is 4.83 Å². The van der Waals surface area contributed by atoms with Gasteiger partial charge in [0.1, 0.15) is 5.75 Å². The number of carbonyl (C=O) groups is 2. The standard InChI is InChI=1S/C37H48N2O7S/c1-2-3-4-5-6-7-8-9-10-11-12-13-14-18-25-46-33-23-21-30(22-24-33)35(29-19-16-15-17-20-29)38-39-47(44,45)34-27-31(36(40)41)26-32(28-34)37(42)43/h15-17,19-24,26-28,39H,2-14,18,25H2,1H3,(H,40,41)(H,42,43)/b38-35-. The lowest BCUT2D eigenvalue weighted by molar-refractivity contribution is 0.0696. The number of hydrogen-bond donors (Lipinski definition) is 3. The number of carboxylic acid groups (broad SMARTS) is 2. The van der Waals surface area contributed by atoms with Crippen LogP contribution >= 0.6 is 0 Å². The fourth-order valence-corrected chi connectivity index (χ4v) is 6.13.